The Morgan fingerprint density at radius 1 is 0.920 bits per heavy atom. The predicted octanol–water partition coefficient (Wildman–Crippen LogP) is 6.14. The monoisotopic (exact) mass is 366 g/mol. The third-order valence-corrected chi connectivity index (χ3v) is 4.84. The molecule has 0 saturated heterocycles. The number of fused-ring (bicyclic) bond motifs is 1. The second kappa shape index (κ2) is 6.70. The Balaban J connectivity index is 1.77. The van der Waals surface area contributed by atoms with Gasteiger partial charge in [0.05, 0.1) is 11.9 Å². The minimum atomic E-state index is 0.467. The Bertz CT molecular complexity index is 1010. The highest BCUT2D eigenvalue weighted by Gasteiger charge is 2.10. The van der Waals surface area contributed by atoms with E-state index in [0.29, 0.717) is 5.15 Å². The van der Waals surface area contributed by atoms with E-state index in [4.69, 9.17) is 11.6 Å². The van der Waals surface area contributed by atoms with Gasteiger partial charge in [-0.2, -0.15) is 11.3 Å². The summed E-state index contributed by atoms with van der Waals surface area (Å²) in [5, 5.41) is 13.6. The van der Waals surface area contributed by atoms with E-state index < -0.39 is 0 Å². The van der Waals surface area contributed by atoms with Gasteiger partial charge >= 0.3 is 0 Å². The number of aryl methyl sites for hydroxylation is 1. The van der Waals surface area contributed by atoms with Crippen LogP contribution in [0.2, 0.25) is 5.15 Å². The van der Waals surface area contributed by atoms with E-state index in [1.807, 2.05) is 18.3 Å². The van der Waals surface area contributed by atoms with Crippen LogP contribution in [-0.4, -0.2) is 9.97 Å². The molecule has 4 aromatic rings. The van der Waals surface area contributed by atoms with Crippen LogP contribution in [0, 0.1) is 6.92 Å². The molecule has 3 aromatic heterocycles. The molecule has 0 bridgehead atoms. The van der Waals surface area contributed by atoms with Crippen molar-refractivity contribution in [2.75, 3.05) is 10.6 Å². The van der Waals surface area contributed by atoms with E-state index in [2.05, 4.69) is 56.5 Å². The van der Waals surface area contributed by atoms with E-state index in [-0.39, 0.29) is 0 Å². The molecule has 0 amide bonds. The van der Waals surface area contributed by atoms with Gasteiger partial charge in [0, 0.05) is 33.7 Å². The Hall–Kier alpha value is -2.63. The fraction of sp³-hybridized carbons (Fsp3) is 0.0526. The van der Waals surface area contributed by atoms with Gasteiger partial charge in [-0.05, 0) is 42.1 Å². The van der Waals surface area contributed by atoms with Crippen LogP contribution < -0.4 is 10.6 Å². The van der Waals surface area contributed by atoms with Crippen molar-refractivity contribution in [1.29, 1.82) is 0 Å². The molecular formula is C19H15ClN4S. The summed E-state index contributed by atoms with van der Waals surface area (Å²) in [6, 6.07) is 11.9. The first-order chi connectivity index (χ1) is 12.2. The Morgan fingerprint density at radius 3 is 2.60 bits per heavy atom. The smallest absolute Gasteiger partial charge is 0.138 e. The summed E-state index contributed by atoms with van der Waals surface area (Å²) in [4.78, 5) is 8.60. The average Bonchev–Trinajstić information content (AvgIpc) is 3.13. The van der Waals surface area contributed by atoms with Gasteiger partial charge in [-0.15, -0.1) is 0 Å². The standard InChI is InChI=1S/C19H15ClN4S/c1-12-2-4-16-15(18(12)23-14-7-9-25-11-14)6-8-21-19(16)24-13-3-5-17(20)22-10-13/h2-11,23H,1H3,(H,21,24). The molecule has 4 nitrogen and oxygen atoms in total. The number of rotatable bonds is 4. The number of halogens is 1. The molecule has 4 rings (SSSR count). The Labute approximate surface area is 154 Å². The number of nitrogens with one attached hydrogen (secondary N) is 2. The molecule has 0 unspecified atom stereocenters. The van der Waals surface area contributed by atoms with Crippen molar-refractivity contribution < 1.29 is 0 Å². The lowest BCUT2D eigenvalue weighted by Crippen LogP contribution is -1.98. The van der Waals surface area contributed by atoms with Crippen LogP contribution >= 0.6 is 22.9 Å². The fourth-order valence-corrected chi connectivity index (χ4v) is 3.40. The summed E-state index contributed by atoms with van der Waals surface area (Å²) in [7, 11) is 0. The molecule has 0 radical (unpaired) electrons. The van der Waals surface area contributed by atoms with Crippen molar-refractivity contribution in [2.45, 2.75) is 6.92 Å². The highest BCUT2D eigenvalue weighted by Crippen LogP contribution is 2.34. The summed E-state index contributed by atoms with van der Waals surface area (Å²) in [5.74, 6) is 0.787. The van der Waals surface area contributed by atoms with E-state index >= 15 is 0 Å². The number of hydrogen-bond acceptors (Lipinski definition) is 5. The zero-order chi connectivity index (χ0) is 17.2. The third kappa shape index (κ3) is 3.29. The van der Waals surface area contributed by atoms with Crippen LogP contribution in [0.15, 0.2) is 59.6 Å². The summed E-state index contributed by atoms with van der Waals surface area (Å²) in [6.07, 6.45) is 3.51. The summed E-state index contributed by atoms with van der Waals surface area (Å²) in [6.45, 7) is 2.10. The first-order valence-corrected chi connectivity index (χ1v) is 9.09. The molecular weight excluding hydrogens is 352 g/mol. The number of benzene rings is 1. The molecule has 6 heteroatoms. The maximum absolute atomic E-state index is 5.85. The number of thiophene rings is 1. The van der Waals surface area contributed by atoms with Crippen molar-refractivity contribution >= 4 is 56.6 Å². The van der Waals surface area contributed by atoms with Gasteiger partial charge in [-0.25, -0.2) is 9.97 Å². The molecule has 0 aliphatic rings. The Morgan fingerprint density at radius 2 is 1.84 bits per heavy atom. The van der Waals surface area contributed by atoms with Gasteiger partial charge in [0.25, 0.3) is 0 Å². The molecule has 0 saturated carbocycles. The molecule has 1 aromatic carbocycles. The maximum atomic E-state index is 5.85. The van der Waals surface area contributed by atoms with Crippen LogP contribution in [0.5, 0.6) is 0 Å². The number of hydrogen-bond donors (Lipinski definition) is 2. The zero-order valence-corrected chi connectivity index (χ0v) is 15.0. The topological polar surface area (TPSA) is 49.8 Å². The maximum Gasteiger partial charge on any atom is 0.138 e. The molecule has 2 N–H and O–H groups in total. The minimum Gasteiger partial charge on any atom is -0.354 e. The van der Waals surface area contributed by atoms with Crippen molar-refractivity contribution in [2.24, 2.45) is 0 Å². The van der Waals surface area contributed by atoms with Crippen LogP contribution in [0.4, 0.5) is 22.9 Å². The van der Waals surface area contributed by atoms with E-state index in [9.17, 15) is 0 Å². The molecule has 25 heavy (non-hydrogen) atoms. The number of anilines is 4. The van der Waals surface area contributed by atoms with Crippen molar-refractivity contribution in [3.8, 4) is 0 Å². The first-order valence-electron chi connectivity index (χ1n) is 7.77. The quantitative estimate of drug-likeness (QED) is 0.426. The second-order valence-corrected chi connectivity index (χ2v) is 6.81. The van der Waals surface area contributed by atoms with E-state index in [1.54, 1.807) is 23.6 Å². The lowest BCUT2D eigenvalue weighted by molar-refractivity contribution is 1.29. The van der Waals surface area contributed by atoms with Crippen LogP contribution in [0.1, 0.15) is 5.56 Å². The van der Waals surface area contributed by atoms with Crippen molar-refractivity contribution in [1.82, 2.24) is 9.97 Å². The van der Waals surface area contributed by atoms with Gasteiger partial charge in [0.1, 0.15) is 11.0 Å². The van der Waals surface area contributed by atoms with Gasteiger partial charge in [-0.3, -0.25) is 0 Å². The number of nitrogens with zero attached hydrogens (tertiary/aromatic N) is 2. The van der Waals surface area contributed by atoms with Crippen LogP contribution in [0.25, 0.3) is 10.8 Å². The molecule has 124 valence electrons. The van der Waals surface area contributed by atoms with Crippen LogP contribution in [0.3, 0.4) is 0 Å². The normalized spacial score (nSPS) is 10.8. The summed E-state index contributed by atoms with van der Waals surface area (Å²) >= 11 is 7.52. The third-order valence-electron chi connectivity index (χ3n) is 3.93. The lowest BCUT2D eigenvalue weighted by atomic mass is 10.1. The number of aromatic nitrogens is 2. The van der Waals surface area contributed by atoms with Crippen LogP contribution in [-0.2, 0) is 0 Å². The lowest BCUT2D eigenvalue weighted by Gasteiger charge is -2.14. The average molecular weight is 367 g/mol. The molecule has 0 aliphatic heterocycles. The van der Waals surface area contributed by atoms with Gasteiger partial charge in [0.15, 0.2) is 0 Å². The molecule has 0 spiro atoms. The fourth-order valence-electron chi connectivity index (χ4n) is 2.70. The SMILES string of the molecule is Cc1ccc2c(Nc3ccc(Cl)nc3)nccc2c1Nc1ccsc1. The number of pyridine rings is 2. The predicted molar refractivity (Wildman–Crippen MR) is 107 cm³/mol. The van der Waals surface area contributed by atoms with Crippen molar-refractivity contribution in [3.05, 3.63) is 70.3 Å². The van der Waals surface area contributed by atoms with Gasteiger partial charge in [-0.1, -0.05) is 23.7 Å². The largest absolute Gasteiger partial charge is 0.354 e. The van der Waals surface area contributed by atoms with Crippen molar-refractivity contribution in [3.63, 3.8) is 0 Å². The highest BCUT2D eigenvalue weighted by molar-refractivity contribution is 7.08. The second-order valence-electron chi connectivity index (χ2n) is 5.64. The zero-order valence-electron chi connectivity index (χ0n) is 13.5. The molecule has 0 aliphatic carbocycles. The van der Waals surface area contributed by atoms with E-state index in [0.717, 1.165) is 33.7 Å². The first kappa shape index (κ1) is 15.9. The Kier molecular flexibility index (Phi) is 4.26. The highest BCUT2D eigenvalue weighted by atomic mass is 35.5. The van der Waals surface area contributed by atoms with Gasteiger partial charge < -0.3 is 10.6 Å². The molecule has 3 heterocycles. The molecule has 0 atom stereocenters. The van der Waals surface area contributed by atoms with E-state index in [1.165, 1.54) is 5.56 Å². The summed E-state index contributed by atoms with van der Waals surface area (Å²) in [5.41, 5.74) is 4.21. The minimum absolute atomic E-state index is 0.467. The molecule has 0 fully saturated rings. The van der Waals surface area contributed by atoms with Gasteiger partial charge in [0.2, 0.25) is 0 Å². The summed E-state index contributed by atoms with van der Waals surface area (Å²) < 4.78 is 0.